The van der Waals surface area contributed by atoms with Gasteiger partial charge in [-0.3, -0.25) is 19.1 Å². The van der Waals surface area contributed by atoms with Gasteiger partial charge < -0.3 is 19.5 Å². The second kappa shape index (κ2) is 9.89. The van der Waals surface area contributed by atoms with E-state index in [1.807, 2.05) is 4.90 Å². The minimum atomic E-state index is -0.396. The van der Waals surface area contributed by atoms with E-state index in [4.69, 9.17) is 4.74 Å². The summed E-state index contributed by atoms with van der Waals surface area (Å²) in [5.41, 5.74) is -0.195. The van der Waals surface area contributed by atoms with Gasteiger partial charge in [-0.1, -0.05) is 0 Å². The maximum Gasteiger partial charge on any atom is 0.328 e. The molecule has 10 heteroatoms. The summed E-state index contributed by atoms with van der Waals surface area (Å²) < 4.78 is 6.52. The number of fused-ring (bicyclic) bond motifs is 1. The molecule has 1 amide bonds. The number of anilines is 1. The standard InChI is InChI=1S/C25H30N6O4/c1-35-19-6-7-21-20(14-19)24(33)31(25(34)28-21)16-17-2-4-18(5-3-17)23(32)30-12-10-29(11-13-30)22-15-26-8-9-27-22/h6-9,14-15,17-18H,2-5,10-13,16H2,1H3,(H,28,34). The zero-order valence-corrected chi connectivity index (χ0v) is 19.9. The van der Waals surface area contributed by atoms with Crippen LogP contribution in [-0.4, -0.2) is 63.6 Å². The number of hydrogen-bond donors (Lipinski definition) is 1. The third kappa shape index (κ3) is 4.78. The molecule has 0 spiro atoms. The van der Waals surface area contributed by atoms with E-state index in [9.17, 15) is 14.4 Å². The van der Waals surface area contributed by atoms with Crippen LogP contribution in [-0.2, 0) is 11.3 Å². The summed E-state index contributed by atoms with van der Waals surface area (Å²) in [6.07, 6.45) is 8.28. The van der Waals surface area contributed by atoms with E-state index in [1.54, 1.807) is 43.9 Å². The van der Waals surface area contributed by atoms with E-state index in [1.165, 1.54) is 4.57 Å². The third-order valence-electron chi connectivity index (χ3n) is 7.29. The molecule has 0 radical (unpaired) electrons. The summed E-state index contributed by atoms with van der Waals surface area (Å²) in [4.78, 5) is 54.1. The lowest BCUT2D eigenvalue weighted by Gasteiger charge is -2.38. The SMILES string of the molecule is COc1ccc2[nH]c(=O)n(CC3CCC(C(=O)N4CCN(c5cnccn5)CC4)CC3)c(=O)c2c1. The molecule has 10 nitrogen and oxygen atoms in total. The maximum atomic E-state index is 13.1. The molecule has 1 N–H and O–H groups in total. The molecule has 3 heterocycles. The van der Waals surface area contributed by atoms with Crippen molar-refractivity contribution in [2.75, 3.05) is 38.2 Å². The molecule has 1 aliphatic carbocycles. The van der Waals surface area contributed by atoms with Crippen molar-refractivity contribution in [3.05, 3.63) is 57.6 Å². The number of hydrogen-bond acceptors (Lipinski definition) is 7. The van der Waals surface area contributed by atoms with Gasteiger partial charge in [0.25, 0.3) is 5.56 Å². The molecule has 2 aliphatic rings. The second-order valence-electron chi connectivity index (χ2n) is 9.35. The van der Waals surface area contributed by atoms with Crippen molar-refractivity contribution >= 4 is 22.6 Å². The third-order valence-corrected chi connectivity index (χ3v) is 7.29. The number of aromatic nitrogens is 4. The molecular weight excluding hydrogens is 448 g/mol. The first-order valence-corrected chi connectivity index (χ1v) is 12.1. The number of amides is 1. The average molecular weight is 479 g/mol. The van der Waals surface area contributed by atoms with E-state index in [-0.39, 0.29) is 23.3 Å². The summed E-state index contributed by atoms with van der Waals surface area (Å²) in [7, 11) is 1.54. The number of aromatic amines is 1. The molecule has 0 unspecified atom stereocenters. The summed E-state index contributed by atoms with van der Waals surface area (Å²) in [6, 6.07) is 5.06. The number of H-pyrrole nitrogens is 1. The van der Waals surface area contributed by atoms with Crippen molar-refractivity contribution < 1.29 is 9.53 Å². The number of nitrogens with zero attached hydrogens (tertiary/aromatic N) is 5. The lowest BCUT2D eigenvalue weighted by molar-refractivity contribution is -0.137. The fraction of sp³-hybridized carbons (Fsp3) is 0.480. The van der Waals surface area contributed by atoms with Crippen LogP contribution in [0.1, 0.15) is 25.7 Å². The Kier molecular flexibility index (Phi) is 6.52. The van der Waals surface area contributed by atoms with Crippen LogP contribution < -0.4 is 20.9 Å². The average Bonchev–Trinajstić information content (AvgIpc) is 2.91. The molecule has 1 saturated heterocycles. The zero-order chi connectivity index (χ0) is 24.4. The minimum Gasteiger partial charge on any atom is -0.497 e. The quantitative estimate of drug-likeness (QED) is 0.593. The molecule has 1 aromatic carbocycles. The maximum absolute atomic E-state index is 13.1. The smallest absolute Gasteiger partial charge is 0.328 e. The van der Waals surface area contributed by atoms with Crippen LogP contribution in [0.4, 0.5) is 5.82 Å². The first kappa shape index (κ1) is 23.1. The molecule has 0 atom stereocenters. The molecule has 0 bridgehead atoms. The van der Waals surface area contributed by atoms with E-state index < -0.39 is 5.69 Å². The molecule has 2 fully saturated rings. The normalized spacial score (nSPS) is 20.7. The number of carbonyl (C=O) groups is 1. The van der Waals surface area contributed by atoms with Crippen LogP contribution >= 0.6 is 0 Å². The number of rotatable bonds is 5. The summed E-state index contributed by atoms with van der Waals surface area (Å²) in [6.45, 7) is 3.22. The van der Waals surface area contributed by atoms with Crippen molar-refractivity contribution in [3.63, 3.8) is 0 Å². The van der Waals surface area contributed by atoms with Crippen molar-refractivity contribution in [2.24, 2.45) is 11.8 Å². The summed E-state index contributed by atoms with van der Waals surface area (Å²) in [5.74, 6) is 1.83. The van der Waals surface area contributed by atoms with Gasteiger partial charge in [0.05, 0.1) is 24.2 Å². The Balaban J connectivity index is 1.18. The molecule has 3 aromatic rings. The van der Waals surface area contributed by atoms with Gasteiger partial charge in [-0.25, -0.2) is 9.78 Å². The van der Waals surface area contributed by atoms with E-state index in [2.05, 4.69) is 19.9 Å². The van der Waals surface area contributed by atoms with Gasteiger partial charge in [-0.15, -0.1) is 0 Å². The molecule has 184 valence electrons. The largest absolute Gasteiger partial charge is 0.497 e. The molecular formula is C25H30N6O4. The second-order valence-corrected chi connectivity index (χ2v) is 9.35. The fourth-order valence-corrected chi connectivity index (χ4v) is 5.24. The highest BCUT2D eigenvalue weighted by Gasteiger charge is 2.31. The van der Waals surface area contributed by atoms with Gasteiger partial charge in [-0.05, 0) is 49.8 Å². The number of carbonyl (C=O) groups excluding carboxylic acids is 1. The zero-order valence-electron chi connectivity index (χ0n) is 19.9. The van der Waals surface area contributed by atoms with Crippen LogP contribution in [0.5, 0.6) is 5.75 Å². The van der Waals surface area contributed by atoms with Gasteiger partial charge in [-0.2, -0.15) is 0 Å². The molecule has 35 heavy (non-hydrogen) atoms. The monoisotopic (exact) mass is 478 g/mol. The minimum absolute atomic E-state index is 0.00480. The lowest BCUT2D eigenvalue weighted by atomic mass is 9.81. The van der Waals surface area contributed by atoms with Gasteiger partial charge >= 0.3 is 5.69 Å². The summed E-state index contributed by atoms with van der Waals surface area (Å²) >= 11 is 0. The Morgan fingerprint density at radius 1 is 1.09 bits per heavy atom. The van der Waals surface area contributed by atoms with Gasteiger partial charge in [0.2, 0.25) is 5.91 Å². The fourth-order valence-electron chi connectivity index (χ4n) is 5.24. The highest BCUT2D eigenvalue weighted by molar-refractivity contribution is 5.79. The Bertz CT molecular complexity index is 1310. The van der Waals surface area contributed by atoms with Crippen molar-refractivity contribution in [1.29, 1.82) is 0 Å². The Hall–Kier alpha value is -3.69. The Labute approximate surface area is 202 Å². The Morgan fingerprint density at radius 2 is 1.86 bits per heavy atom. The van der Waals surface area contributed by atoms with Gasteiger partial charge in [0.15, 0.2) is 0 Å². The number of nitrogens with one attached hydrogen (secondary N) is 1. The topological polar surface area (TPSA) is 113 Å². The van der Waals surface area contributed by atoms with E-state index in [0.29, 0.717) is 36.3 Å². The van der Waals surface area contributed by atoms with Crippen molar-refractivity contribution in [3.8, 4) is 5.75 Å². The van der Waals surface area contributed by atoms with Crippen LogP contribution in [0, 0.1) is 11.8 Å². The van der Waals surface area contributed by atoms with Crippen molar-refractivity contribution in [2.45, 2.75) is 32.2 Å². The highest BCUT2D eigenvalue weighted by atomic mass is 16.5. The van der Waals surface area contributed by atoms with Crippen LogP contribution in [0.3, 0.4) is 0 Å². The predicted octanol–water partition coefficient (Wildman–Crippen LogP) is 1.64. The molecule has 1 saturated carbocycles. The van der Waals surface area contributed by atoms with Crippen molar-refractivity contribution in [1.82, 2.24) is 24.4 Å². The molecule has 5 rings (SSSR count). The number of ether oxygens (including phenoxy) is 1. The number of methoxy groups -OCH3 is 1. The summed E-state index contributed by atoms with van der Waals surface area (Å²) in [5, 5.41) is 0.438. The molecule has 2 aromatic heterocycles. The van der Waals surface area contributed by atoms with Crippen LogP contribution in [0.2, 0.25) is 0 Å². The van der Waals surface area contributed by atoms with Gasteiger partial charge in [0, 0.05) is 51.0 Å². The van der Waals surface area contributed by atoms with E-state index >= 15 is 0 Å². The predicted molar refractivity (Wildman–Crippen MR) is 132 cm³/mol. The Morgan fingerprint density at radius 3 is 2.54 bits per heavy atom. The van der Waals surface area contributed by atoms with Gasteiger partial charge in [0.1, 0.15) is 11.6 Å². The van der Waals surface area contributed by atoms with Crippen LogP contribution in [0.25, 0.3) is 10.9 Å². The van der Waals surface area contributed by atoms with Crippen LogP contribution in [0.15, 0.2) is 46.4 Å². The number of benzene rings is 1. The number of piperazine rings is 1. The first-order chi connectivity index (χ1) is 17.0. The lowest BCUT2D eigenvalue weighted by Crippen LogP contribution is -2.51. The van der Waals surface area contributed by atoms with E-state index in [0.717, 1.165) is 44.6 Å². The molecule has 1 aliphatic heterocycles. The highest BCUT2D eigenvalue weighted by Crippen LogP contribution is 2.31. The first-order valence-electron chi connectivity index (χ1n) is 12.1.